The minimum absolute atomic E-state index is 0.0542. The van der Waals surface area contributed by atoms with Crippen molar-refractivity contribution in [2.75, 3.05) is 5.32 Å². The molecule has 0 atom stereocenters. The fourth-order valence-corrected chi connectivity index (χ4v) is 3.28. The van der Waals surface area contributed by atoms with Gasteiger partial charge < -0.3 is 10.3 Å². The third-order valence-electron chi connectivity index (χ3n) is 4.08. The fourth-order valence-electron chi connectivity index (χ4n) is 2.95. The lowest BCUT2D eigenvalue weighted by Crippen LogP contribution is -2.03. The van der Waals surface area contributed by atoms with Gasteiger partial charge in [0.15, 0.2) is 0 Å². The summed E-state index contributed by atoms with van der Waals surface area (Å²) < 4.78 is 1.01. The van der Waals surface area contributed by atoms with Crippen molar-refractivity contribution in [2.45, 2.75) is 6.92 Å². The fraction of sp³-hybridized carbons (Fsp3) is 0.0556. The largest absolute Gasteiger partial charge is 0.361 e. The predicted molar refractivity (Wildman–Crippen MR) is 93.7 cm³/mol. The Bertz CT molecular complexity index is 953. The van der Waals surface area contributed by atoms with Gasteiger partial charge in [-0.1, -0.05) is 34.1 Å². The van der Waals surface area contributed by atoms with Gasteiger partial charge in [0, 0.05) is 44.0 Å². The Morgan fingerprint density at radius 1 is 1.14 bits per heavy atom. The van der Waals surface area contributed by atoms with E-state index in [1.165, 1.54) is 0 Å². The maximum absolute atomic E-state index is 12.4. The van der Waals surface area contributed by atoms with E-state index in [9.17, 15) is 4.79 Å². The van der Waals surface area contributed by atoms with Crippen molar-refractivity contribution in [3.63, 3.8) is 0 Å². The molecule has 0 radical (unpaired) electrons. The first-order valence-electron chi connectivity index (χ1n) is 7.04. The summed E-state index contributed by atoms with van der Waals surface area (Å²) in [5.41, 5.74) is 5.72. The number of H-pyrrole nitrogens is 1. The average molecular weight is 353 g/mol. The van der Waals surface area contributed by atoms with Gasteiger partial charge in [0.05, 0.1) is 0 Å². The van der Waals surface area contributed by atoms with E-state index < -0.39 is 0 Å². The third-order valence-corrected chi connectivity index (χ3v) is 4.94. The molecule has 0 fully saturated rings. The number of fused-ring (bicyclic) bond motifs is 2. The van der Waals surface area contributed by atoms with Crippen LogP contribution in [0.2, 0.25) is 0 Å². The lowest BCUT2D eigenvalue weighted by Gasteiger charge is -2.05. The van der Waals surface area contributed by atoms with E-state index in [-0.39, 0.29) is 5.91 Å². The molecule has 3 aromatic rings. The maximum atomic E-state index is 12.4. The van der Waals surface area contributed by atoms with E-state index in [1.54, 1.807) is 0 Å². The van der Waals surface area contributed by atoms with E-state index in [0.717, 1.165) is 37.8 Å². The Morgan fingerprint density at radius 2 is 1.95 bits per heavy atom. The van der Waals surface area contributed by atoms with Gasteiger partial charge in [0.1, 0.15) is 0 Å². The second-order valence-corrected chi connectivity index (χ2v) is 6.25. The Balaban J connectivity index is 1.94. The van der Waals surface area contributed by atoms with Crippen LogP contribution in [0.4, 0.5) is 5.69 Å². The van der Waals surface area contributed by atoms with Crippen molar-refractivity contribution in [3.05, 3.63) is 63.8 Å². The van der Waals surface area contributed by atoms with Gasteiger partial charge in [-0.05, 0) is 36.8 Å². The molecule has 0 aliphatic carbocycles. The van der Waals surface area contributed by atoms with Crippen LogP contribution in [0.15, 0.2) is 47.1 Å². The molecule has 22 heavy (non-hydrogen) atoms. The van der Waals surface area contributed by atoms with E-state index in [4.69, 9.17) is 0 Å². The van der Waals surface area contributed by atoms with Gasteiger partial charge in [0.25, 0.3) is 5.91 Å². The normalized spacial score (nSPS) is 15.4. The quantitative estimate of drug-likeness (QED) is 0.611. The van der Waals surface area contributed by atoms with Crippen LogP contribution in [0.5, 0.6) is 0 Å². The monoisotopic (exact) mass is 352 g/mol. The molecule has 3 nitrogen and oxygen atoms in total. The van der Waals surface area contributed by atoms with Crippen molar-refractivity contribution >= 4 is 50.1 Å². The number of hydrogen-bond donors (Lipinski definition) is 2. The highest BCUT2D eigenvalue weighted by atomic mass is 79.9. The first-order valence-corrected chi connectivity index (χ1v) is 7.83. The number of aromatic amines is 1. The first kappa shape index (κ1) is 13.3. The maximum Gasteiger partial charge on any atom is 0.256 e. The highest BCUT2D eigenvalue weighted by Gasteiger charge is 2.26. The van der Waals surface area contributed by atoms with Crippen molar-refractivity contribution in [1.29, 1.82) is 0 Å². The number of hydrogen-bond acceptors (Lipinski definition) is 1. The number of anilines is 1. The molecular formula is C18H13BrN2O. The molecule has 0 spiro atoms. The standard InChI is InChI=1S/C18H13BrN2O/c1-10-14(19)6-7-16-17(10)13(18(22)21-16)8-11-9-20-15-5-3-2-4-12(11)15/h2-9,20H,1H3,(H,21,22). The molecule has 4 rings (SSSR count). The number of carbonyl (C=O) groups excluding carboxylic acids is 1. The highest BCUT2D eigenvalue weighted by molar-refractivity contribution is 9.10. The summed E-state index contributed by atoms with van der Waals surface area (Å²) in [6.07, 6.45) is 3.90. The SMILES string of the molecule is Cc1c(Br)ccc2c1C(=Cc1c[nH]c3ccccc13)C(=O)N2. The van der Waals surface area contributed by atoms with Crippen molar-refractivity contribution in [3.8, 4) is 0 Å². The van der Waals surface area contributed by atoms with Crippen LogP contribution < -0.4 is 5.32 Å². The lowest BCUT2D eigenvalue weighted by atomic mass is 9.99. The van der Waals surface area contributed by atoms with Crippen LogP contribution in [-0.2, 0) is 4.79 Å². The molecule has 0 unspecified atom stereocenters. The van der Waals surface area contributed by atoms with Gasteiger partial charge in [-0.3, -0.25) is 4.79 Å². The van der Waals surface area contributed by atoms with Crippen LogP contribution in [0.1, 0.15) is 16.7 Å². The molecule has 0 bridgehead atoms. The molecule has 1 aliphatic rings. The van der Waals surface area contributed by atoms with Gasteiger partial charge in [0.2, 0.25) is 0 Å². The zero-order valence-corrected chi connectivity index (χ0v) is 13.5. The van der Waals surface area contributed by atoms with Crippen molar-refractivity contribution in [2.24, 2.45) is 0 Å². The van der Waals surface area contributed by atoms with Crippen molar-refractivity contribution in [1.82, 2.24) is 4.98 Å². The summed E-state index contributed by atoms with van der Waals surface area (Å²) in [4.78, 5) is 15.6. The Kier molecular flexibility index (Phi) is 2.94. The number of aromatic nitrogens is 1. The van der Waals surface area contributed by atoms with Gasteiger partial charge in [-0.2, -0.15) is 0 Å². The Hall–Kier alpha value is -2.33. The summed E-state index contributed by atoms with van der Waals surface area (Å²) in [7, 11) is 0. The molecule has 0 saturated carbocycles. The van der Waals surface area contributed by atoms with Crippen LogP contribution in [0.25, 0.3) is 22.6 Å². The molecule has 1 aliphatic heterocycles. The summed E-state index contributed by atoms with van der Waals surface area (Å²) in [6, 6.07) is 12.0. The average Bonchev–Trinajstić information content (AvgIpc) is 3.06. The molecule has 2 heterocycles. The minimum atomic E-state index is -0.0542. The number of rotatable bonds is 1. The van der Waals surface area contributed by atoms with Crippen molar-refractivity contribution < 1.29 is 4.79 Å². The van der Waals surface area contributed by atoms with Crippen LogP contribution >= 0.6 is 15.9 Å². The molecule has 1 aromatic heterocycles. The molecule has 2 N–H and O–H groups in total. The predicted octanol–water partition coefficient (Wildman–Crippen LogP) is 4.73. The lowest BCUT2D eigenvalue weighted by molar-refractivity contribution is -0.110. The van der Waals surface area contributed by atoms with E-state index in [2.05, 4.69) is 32.3 Å². The summed E-state index contributed by atoms with van der Waals surface area (Å²) >= 11 is 3.54. The van der Waals surface area contributed by atoms with E-state index in [0.29, 0.717) is 5.57 Å². The third kappa shape index (κ3) is 1.91. The molecular weight excluding hydrogens is 340 g/mol. The highest BCUT2D eigenvalue weighted by Crippen LogP contribution is 2.39. The molecule has 4 heteroatoms. The van der Waals surface area contributed by atoms with Gasteiger partial charge in [-0.15, -0.1) is 0 Å². The Morgan fingerprint density at radius 3 is 2.82 bits per heavy atom. The number of para-hydroxylation sites is 1. The Labute approximate surface area is 136 Å². The number of nitrogens with one attached hydrogen (secondary N) is 2. The molecule has 0 saturated heterocycles. The van der Waals surface area contributed by atoms with Gasteiger partial charge >= 0.3 is 0 Å². The summed E-state index contributed by atoms with van der Waals surface area (Å²) in [6.45, 7) is 2.02. The van der Waals surface area contributed by atoms with E-state index >= 15 is 0 Å². The van der Waals surface area contributed by atoms with Gasteiger partial charge in [-0.25, -0.2) is 0 Å². The first-order chi connectivity index (χ1) is 10.6. The zero-order valence-electron chi connectivity index (χ0n) is 11.9. The van der Waals surface area contributed by atoms with E-state index in [1.807, 2.05) is 49.5 Å². The number of amides is 1. The summed E-state index contributed by atoms with van der Waals surface area (Å²) in [5, 5.41) is 4.05. The van der Waals surface area contributed by atoms with Crippen LogP contribution in [-0.4, -0.2) is 10.9 Å². The second-order valence-electron chi connectivity index (χ2n) is 5.40. The number of benzene rings is 2. The molecule has 1 amide bonds. The number of halogens is 1. The van der Waals surface area contributed by atoms with Crippen LogP contribution in [0.3, 0.4) is 0 Å². The minimum Gasteiger partial charge on any atom is -0.361 e. The number of carbonyl (C=O) groups is 1. The smallest absolute Gasteiger partial charge is 0.256 e. The van der Waals surface area contributed by atoms with Crippen LogP contribution in [0, 0.1) is 6.92 Å². The summed E-state index contributed by atoms with van der Waals surface area (Å²) in [5.74, 6) is -0.0542. The molecule has 2 aromatic carbocycles. The molecule has 108 valence electrons. The topological polar surface area (TPSA) is 44.9 Å². The zero-order chi connectivity index (χ0) is 15.3. The second kappa shape index (κ2) is 4.85.